The number of halogens is 1. The number of aromatic nitrogens is 3. The molecule has 2 aromatic heterocycles. The summed E-state index contributed by atoms with van der Waals surface area (Å²) >= 11 is 7.52. The van der Waals surface area contributed by atoms with Gasteiger partial charge in [0, 0.05) is 17.5 Å². The summed E-state index contributed by atoms with van der Waals surface area (Å²) in [5, 5.41) is 5.94. The summed E-state index contributed by atoms with van der Waals surface area (Å²) in [5.41, 5.74) is 1.23. The number of rotatable bonds is 6. The van der Waals surface area contributed by atoms with Gasteiger partial charge in [-0.25, -0.2) is 18.1 Å². The first kappa shape index (κ1) is 18.3. The van der Waals surface area contributed by atoms with Crippen molar-refractivity contribution in [1.82, 2.24) is 19.3 Å². The molecule has 0 atom stereocenters. The maximum atomic E-state index is 12.9. The van der Waals surface area contributed by atoms with Crippen LogP contribution in [0.4, 0.5) is 0 Å². The summed E-state index contributed by atoms with van der Waals surface area (Å²) in [6, 6.07) is 7.14. The fourth-order valence-corrected chi connectivity index (χ4v) is 4.92. The number of fused-ring (bicyclic) bond motifs is 1. The van der Waals surface area contributed by atoms with Crippen LogP contribution in [-0.4, -0.2) is 23.0 Å². The normalized spacial score (nSPS) is 12.4. The van der Waals surface area contributed by atoms with Gasteiger partial charge in [-0.1, -0.05) is 61.9 Å². The molecular formula is C16H19ClN4O2S2. The first-order valence-corrected chi connectivity index (χ1v) is 10.6. The molecule has 9 heteroatoms. The number of nitrogens with one attached hydrogen (secondary N) is 1. The predicted molar refractivity (Wildman–Crippen MR) is 99.8 cm³/mol. The smallest absolute Gasteiger partial charge is 0.221 e. The van der Waals surface area contributed by atoms with Gasteiger partial charge in [0.15, 0.2) is 5.03 Å². The number of imidazole rings is 1. The minimum absolute atomic E-state index is 0.111. The Morgan fingerprint density at radius 3 is 2.68 bits per heavy atom. The van der Waals surface area contributed by atoms with Crippen LogP contribution >= 0.6 is 22.9 Å². The van der Waals surface area contributed by atoms with Gasteiger partial charge in [0.05, 0.1) is 5.69 Å². The van der Waals surface area contributed by atoms with Gasteiger partial charge in [-0.15, -0.1) is 0 Å². The van der Waals surface area contributed by atoms with E-state index in [2.05, 4.69) is 14.8 Å². The summed E-state index contributed by atoms with van der Waals surface area (Å²) in [5.74, 6) is 0.211. The third-order valence-electron chi connectivity index (χ3n) is 3.74. The van der Waals surface area contributed by atoms with E-state index < -0.39 is 10.0 Å². The van der Waals surface area contributed by atoms with Gasteiger partial charge in [0.25, 0.3) is 10.0 Å². The van der Waals surface area contributed by atoms with Crippen molar-refractivity contribution in [2.75, 3.05) is 0 Å². The summed E-state index contributed by atoms with van der Waals surface area (Å²) in [7, 11) is -3.78. The van der Waals surface area contributed by atoms with Gasteiger partial charge in [-0.3, -0.25) is 0 Å². The Labute approximate surface area is 155 Å². The van der Waals surface area contributed by atoms with Crippen molar-refractivity contribution in [2.24, 2.45) is 0 Å². The molecule has 3 aromatic rings. The van der Waals surface area contributed by atoms with Gasteiger partial charge >= 0.3 is 0 Å². The highest BCUT2D eigenvalue weighted by Gasteiger charge is 2.27. The average Bonchev–Trinajstić information content (AvgIpc) is 3.11. The van der Waals surface area contributed by atoms with Crippen LogP contribution in [0.2, 0.25) is 5.02 Å². The van der Waals surface area contributed by atoms with Gasteiger partial charge in [-0.05, 0) is 18.1 Å². The minimum atomic E-state index is -3.78. The zero-order chi connectivity index (χ0) is 18.2. The Kier molecular flexibility index (Phi) is 5.15. The molecule has 1 N–H and O–H groups in total. The van der Waals surface area contributed by atoms with Gasteiger partial charge in [-0.2, -0.15) is 9.61 Å². The number of benzene rings is 1. The van der Waals surface area contributed by atoms with E-state index in [0.29, 0.717) is 27.7 Å². The van der Waals surface area contributed by atoms with E-state index in [1.807, 2.05) is 26.8 Å². The third-order valence-corrected chi connectivity index (χ3v) is 6.76. The SMILES string of the molecule is CCc1nc2sc(C(C)C)nn2c1S(=O)(=O)NCc1ccccc1Cl. The van der Waals surface area contributed by atoms with E-state index in [0.717, 1.165) is 5.01 Å². The fraction of sp³-hybridized carbons (Fsp3) is 0.375. The van der Waals surface area contributed by atoms with E-state index >= 15 is 0 Å². The Morgan fingerprint density at radius 1 is 1.32 bits per heavy atom. The Bertz CT molecular complexity index is 1010. The molecule has 0 bridgehead atoms. The van der Waals surface area contributed by atoms with Crippen molar-refractivity contribution in [2.45, 2.75) is 44.7 Å². The molecule has 0 saturated heterocycles. The quantitative estimate of drug-likeness (QED) is 0.688. The average molecular weight is 399 g/mol. The van der Waals surface area contributed by atoms with Crippen LogP contribution in [0.3, 0.4) is 0 Å². The second kappa shape index (κ2) is 7.03. The lowest BCUT2D eigenvalue weighted by molar-refractivity contribution is 0.571. The lowest BCUT2D eigenvalue weighted by atomic mass is 10.2. The fourth-order valence-electron chi connectivity index (χ4n) is 2.40. The lowest BCUT2D eigenvalue weighted by Gasteiger charge is -2.08. The Hall–Kier alpha value is -1.48. The zero-order valence-electron chi connectivity index (χ0n) is 14.2. The van der Waals surface area contributed by atoms with E-state index in [-0.39, 0.29) is 17.5 Å². The van der Waals surface area contributed by atoms with E-state index in [4.69, 9.17) is 11.6 Å². The molecule has 0 saturated carbocycles. The van der Waals surface area contributed by atoms with Crippen molar-refractivity contribution < 1.29 is 8.42 Å². The molecule has 0 aliphatic heterocycles. The second-order valence-electron chi connectivity index (χ2n) is 5.92. The first-order valence-electron chi connectivity index (χ1n) is 7.95. The van der Waals surface area contributed by atoms with Crippen molar-refractivity contribution in [3.8, 4) is 0 Å². The summed E-state index contributed by atoms with van der Waals surface area (Å²) < 4.78 is 29.9. The number of nitrogens with zero attached hydrogens (tertiary/aromatic N) is 3. The molecule has 2 heterocycles. The molecule has 0 unspecified atom stereocenters. The monoisotopic (exact) mass is 398 g/mol. The standard InChI is InChI=1S/C16H19ClN4O2S2/c1-4-13-15(21-16(19-13)24-14(20-21)10(2)3)25(22,23)18-9-11-7-5-6-8-12(11)17/h5-8,10,18H,4,9H2,1-3H3. The molecule has 134 valence electrons. The van der Waals surface area contributed by atoms with Crippen LogP contribution in [0.1, 0.15) is 43.0 Å². The Morgan fingerprint density at radius 2 is 2.04 bits per heavy atom. The third kappa shape index (κ3) is 3.57. The van der Waals surface area contributed by atoms with Crippen LogP contribution in [0.5, 0.6) is 0 Å². The van der Waals surface area contributed by atoms with E-state index in [1.54, 1.807) is 18.2 Å². The zero-order valence-corrected chi connectivity index (χ0v) is 16.5. The molecular weight excluding hydrogens is 380 g/mol. The predicted octanol–water partition coefficient (Wildman–Crippen LogP) is 3.61. The van der Waals surface area contributed by atoms with Gasteiger partial charge < -0.3 is 0 Å². The molecule has 0 radical (unpaired) electrons. The molecule has 1 aromatic carbocycles. The van der Waals surface area contributed by atoms with Crippen LogP contribution < -0.4 is 4.72 Å². The van der Waals surface area contributed by atoms with Crippen LogP contribution in [0.15, 0.2) is 29.3 Å². The van der Waals surface area contributed by atoms with Crippen LogP contribution in [0, 0.1) is 0 Å². The molecule has 0 aliphatic carbocycles. The Balaban J connectivity index is 1.99. The summed E-state index contributed by atoms with van der Waals surface area (Å²) in [4.78, 5) is 5.04. The van der Waals surface area contributed by atoms with Crippen molar-refractivity contribution >= 4 is 37.9 Å². The van der Waals surface area contributed by atoms with Crippen molar-refractivity contribution in [3.63, 3.8) is 0 Å². The molecule has 0 spiro atoms. The van der Waals surface area contributed by atoms with E-state index in [1.165, 1.54) is 15.9 Å². The van der Waals surface area contributed by atoms with E-state index in [9.17, 15) is 8.42 Å². The topological polar surface area (TPSA) is 76.4 Å². The minimum Gasteiger partial charge on any atom is -0.221 e. The molecule has 25 heavy (non-hydrogen) atoms. The van der Waals surface area contributed by atoms with Gasteiger partial charge in [0.1, 0.15) is 5.01 Å². The van der Waals surface area contributed by atoms with Gasteiger partial charge in [0.2, 0.25) is 4.96 Å². The number of hydrogen-bond acceptors (Lipinski definition) is 5. The largest absolute Gasteiger partial charge is 0.260 e. The second-order valence-corrected chi connectivity index (χ2v) is 9.00. The van der Waals surface area contributed by atoms with Crippen molar-refractivity contribution in [3.05, 3.63) is 45.6 Å². The van der Waals surface area contributed by atoms with Crippen LogP contribution in [-0.2, 0) is 23.0 Å². The number of sulfonamides is 1. The highest BCUT2D eigenvalue weighted by atomic mass is 35.5. The van der Waals surface area contributed by atoms with Crippen molar-refractivity contribution in [1.29, 1.82) is 0 Å². The molecule has 0 amide bonds. The summed E-state index contributed by atoms with van der Waals surface area (Å²) in [6.45, 7) is 6.02. The highest BCUT2D eigenvalue weighted by Crippen LogP contribution is 2.27. The first-order chi connectivity index (χ1) is 11.8. The molecule has 3 rings (SSSR count). The number of hydrogen-bond donors (Lipinski definition) is 1. The molecule has 0 fully saturated rings. The highest BCUT2D eigenvalue weighted by molar-refractivity contribution is 7.89. The maximum absolute atomic E-state index is 12.9. The lowest BCUT2D eigenvalue weighted by Crippen LogP contribution is -2.26. The summed E-state index contributed by atoms with van der Waals surface area (Å²) in [6.07, 6.45) is 0.509. The number of aryl methyl sites for hydroxylation is 1. The van der Waals surface area contributed by atoms with Crippen LogP contribution in [0.25, 0.3) is 4.96 Å². The molecule has 6 nitrogen and oxygen atoms in total. The molecule has 0 aliphatic rings. The maximum Gasteiger partial charge on any atom is 0.260 e.